The number of hydrogen-bond acceptors (Lipinski definition) is 6. The van der Waals surface area contributed by atoms with E-state index in [1.54, 1.807) is 24.3 Å². The van der Waals surface area contributed by atoms with Gasteiger partial charge < -0.3 is 19.7 Å². The molecule has 2 N–H and O–H groups in total. The van der Waals surface area contributed by atoms with Crippen molar-refractivity contribution in [1.82, 2.24) is 9.80 Å². The number of esters is 1. The van der Waals surface area contributed by atoms with Crippen molar-refractivity contribution in [3.05, 3.63) is 29.8 Å². The molecule has 7 heteroatoms. The van der Waals surface area contributed by atoms with Gasteiger partial charge in [0.25, 0.3) is 0 Å². The summed E-state index contributed by atoms with van der Waals surface area (Å²) < 4.78 is 5.46. The lowest BCUT2D eigenvalue weighted by atomic mass is 9.80. The lowest BCUT2D eigenvalue weighted by Gasteiger charge is -2.35. The highest BCUT2D eigenvalue weighted by atomic mass is 16.6. The number of rotatable bonds is 5. The Morgan fingerprint density at radius 1 is 1.33 bits per heavy atom. The maximum absolute atomic E-state index is 11.6. The van der Waals surface area contributed by atoms with Crippen LogP contribution in [0, 0.1) is 0 Å². The first-order valence-electron chi connectivity index (χ1n) is 7.01. The quantitative estimate of drug-likeness (QED) is 0.545. The van der Waals surface area contributed by atoms with Crippen molar-refractivity contribution in [2.24, 2.45) is 0 Å². The Hall–Kier alpha value is -1.41. The van der Waals surface area contributed by atoms with Crippen LogP contribution < -0.4 is 5.46 Å². The highest BCUT2D eigenvalue weighted by Gasteiger charge is 2.29. The van der Waals surface area contributed by atoms with Crippen molar-refractivity contribution in [2.45, 2.75) is 12.6 Å². The van der Waals surface area contributed by atoms with Crippen LogP contribution in [-0.4, -0.2) is 66.7 Å². The summed E-state index contributed by atoms with van der Waals surface area (Å²) in [6.45, 7) is 2.35. The van der Waals surface area contributed by atoms with Crippen LogP contribution in [0.5, 0.6) is 0 Å². The Labute approximate surface area is 125 Å². The van der Waals surface area contributed by atoms with Gasteiger partial charge in [-0.3, -0.25) is 9.69 Å². The van der Waals surface area contributed by atoms with Crippen LogP contribution in [0.3, 0.4) is 0 Å². The fourth-order valence-corrected chi connectivity index (χ4v) is 2.28. The summed E-state index contributed by atoms with van der Waals surface area (Å²) in [4.78, 5) is 15.8. The lowest BCUT2D eigenvalue weighted by molar-refractivity contribution is -0.170. The highest BCUT2D eigenvalue weighted by Crippen LogP contribution is 2.26. The van der Waals surface area contributed by atoms with Gasteiger partial charge in [-0.15, -0.1) is 0 Å². The summed E-state index contributed by atoms with van der Waals surface area (Å²) in [6.07, 6.45) is -0.00624. The molecule has 6 nitrogen and oxygen atoms in total. The van der Waals surface area contributed by atoms with E-state index in [0.29, 0.717) is 18.4 Å². The van der Waals surface area contributed by atoms with Crippen LogP contribution >= 0.6 is 0 Å². The van der Waals surface area contributed by atoms with Crippen molar-refractivity contribution in [3.63, 3.8) is 0 Å². The van der Waals surface area contributed by atoms with Crippen molar-refractivity contribution in [3.8, 4) is 0 Å². The maximum atomic E-state index is 11.6. The van der Waals surface area contributed by atoms with Crippen LogP contribution in [0.15, 0.2) is 24.3 Å². The van der Waals surface area contributed by atoms with E-state index in [0.717, 1.165) is 18.7 Å². The second kappa shape index (κ2) is 7.04. The lowest BCUT2D eigenvalue weighted by Crippen LogP contribution is -2.42. The zero-order valence-corrected chi connectivity index (χ0v) is 12.4. The summed E-state index contributed by atoms with van der Waals surface area (Å²) >= 11 is 0. The number of carbonyl (C=O) groups is 1. The molecule has 1 aliphatic rings. The fraction of sp³-hybridized carbons (Fsp3) is 0.500. The van der Waals surface area contributed by atoms with Gasteiger partial charge in [0, 0.05) is 25.2 Å². The molecule has 1 heterocycles. The van der Waals surface area contributed by atoms with Gasteiger partial charge in [-0.2, -0.15) is 0 Å². The number of carbonyl (C=O) groups excluding carboxylic acids is 1. The van der Waals surface area contributed by atoms with Crippen molar-refractivity contribution >= 4 is 18.6 Å². The van der Waals surface area contributed by atoms with Gasteiger partial charge in [0.15, 0.2) is 6.23 Å². The van der Waals surface area contributed by atoms with E-state index in [1.165, 1.54) is 0 Å². The van der Waals surface area contributed by atoms with E-state index in [9.17, 15) is 4.79 Å². The predicted octanol–water partition coefficient (Wildman–Crippen LogP) is -0.824. The van der Waals surface area contributed by atoms with E-state index >= 15 is 0 Å². The molecular weight excluding hydrogens is 271 g/mol. The molecule has 0 bridgehead atoms. The van der Waals surface area contributed by atoms with Gasteiger partial charge in [-0.1, -0.05) is 24.3 Å². The number of benzene rings is 1. The molecule has 0 radical (unpaired) electrons. The van der Waals surface area contributed by atoms with Gasteiger partial charge in [0.2, 0.25) is 0 Å². The molecule has 1 fully saturated rings. The first-order chi connectivity index (χ1) is 9.97. The topological polar surface area (TPSA) is 73.2 Å². The predicted molar refractivity (Wildman–Crippen MR) is 79.8 cm³/mol. The van der Waals surface area contributed by atoms with E-state index in [1.807, 2.05) is 14.1 Å². The molecule has 21 heavy (non-hydrogen) atoms. The summed E-state index contributed by atoms with van der Waals surface area (Å²) in [5.41, 5.74) is 1.26. The molecule has 1 saturated heterocycles. The first-order valence-corrected chi connectivity index (χ1v) is 7.01. The third kappa shape index (κ3) is 4.28. The van der Waals surface area contributed by atoms with Gasteiger partial charge in [-0.25, -0.2) is 0 Å². The van der Waals surface area contributed by atoms with E-state index < -0.39 is 13.3 Å². The Kier molecular flexibility index (Phi) is 5.36. The average molecular weight is 292 g/mol. The molecule has 1 atom stereocenters. The zero-order valence-electron chi connectivity index (χ0n) is 12.4. The molecule has 1 aromatic rings. The molecule has 0 aliphatic carbocycles. The minimum atomic E-state index is -1.49. The van der Waals surface area contributed by atoms with Gasteiger partial charge >= 0.3 is 13.1 Å². The molecule has 1 aliphatic heterocycles. The first kappa shape index (κ1) is 16.0. The van der Waals surface area contributed by atoms with E-state index in [4.69, 9.17) is 14.8 Å². The largest absolute Gasteiger partial charge is 0.488 e. The number of hydrogen-bond donors (Lipinski definition) is 2. The zero-order chi connectivity index (χ0) is 15.4. The second-order valence-electron chi connectivity index (χ2n) is 5.47. The summed E-state index contributed by atoms with van der Waals surface area (Å²) in [5, 5.41) is 18.2. The Bertz CT molecular complexity index is 478. The van der Waals surface area contributed by atoms with Crippen LogP contribution in [0.4, 0.5) is 0 Å². The molecule has 1 aromatic carbocycles. The summed E-state index contributed by atoms with van der Waals surface area (Å²) in [6, 6.07) is 6.79. The number of likely N-dealkylation sites (N-methyl/N-ethyl adjacent to an activating group) is 1. The fourth-order valence-electron chi connectivity index (χ4n) is 2.28. The normalized spacial score (nSPS) is 19.7. The maximum Gasteiger partial charge on any atom is 0.488 e. The average Bonchev–Trinajstić information content (AvgIpc) is 2.46. The van der Waals surface area contributed by atoms with Crippen LogP contribution in [0.25, 0.3) is 0 Å². The second-order valence-corrected chi connectivity index (χ2v) is 5.47. The van der Waals surface area contributed by atoms with E-state index in [2.05, 4.69) is 9.80 Å². The Morgan fingerprint density at radius 3 is 2.57 bits per heavy atom. The molecule has 0 saturated carbocycles. The standard InChI is InChI=1S/C14H21BN2O4/c1-16(2)9-10-17-8-7-13(18)21-14(17)11-3-5-12(6-4-11)15(19)20/h3-6,14,19-20H,7-10H2,1-2H3. The minimum absolute atomic E-state index is 0.202. The molecule has 114 valence electrons. The number of cyclic esters (lactones) is 1. The smallest absolute Gasteiger partial charge is 0.442 e. The number of nitrogens with zero attached hydrogens (tertiary/aromatic N) is 2. The third-order valence-corrected chi connectivity index (χ3v) is 3.53. The number of ether oxygens (including phenoxy) is 1. The van der Waals surface area contributed by atoms with Crippen molar-refractivity contribution < 1.29 is 19.6 Å². The highest BCUT2D eigenvalue weighted by molar-refractivity contribution is 6.58. The SMILES string of the molecule is CN(C)CCN1CCC(=O)OC1c1ccc(B(O)O)cc1. The Morgan fingerprint density at radius 2 is 2.00 bits per heavy atom. The molecular formula is C14H21BN2O4. The Balaban J connectivity index is 2.13. The molecule has 0 amide bonds. The molecule has 1 unspecified atom stereocenters. The molecule has 2 rings (SSSR count). The van der Waals surface area contributed by atoms with Gasteiger partial charge in [0.1, 0.15) is 0 Å². The van der Waals surface area contributed by atoms with Crippen LogP contribution in [-0.2, 0) is 9.53 Å². The van der Waals surface area contributed by atoms with E-state index in [-0.39, 0.29) is 5.97 Å². The summed E-state index contributed by atoms with van der Waals surface area (Å²) in [5.74, 6) is -0.202. The van der Waals surface area contributed by atoms with Gasteiger partial charge in [0.05, 0.1) is 6.42 Å². The third-order valence-electron chi connectivity index (χ3n) is 3.53. The molecule has 0 spiro atoms. The van der Waals surface area contributed by atoms with Crippen molar-refractivity contribution in [1.29, 1.82) is 0 Å². The summed E-state index contributed by atoms with van der Waals surface area (Å²) in [7, 11) is 2.52. The van der Waals surface area contributed by atoms with Crippen molar-refractivity contribution in [2.75, 3.05) is 33.7 Å². The minimum Gasteiger partial charge on any atom is -0.442 e. The monoisotopic (exact) mass is 292 g/mol. The molecule has 0 aromatic heterocycles. The van der Waals surface area contributed by atoms with Gasteiger partial charge in [-0.05, 0) is 19.6 Å². The van der Waals surface area contributed by atoms with Crippen LogP contribution in [0.2, 0.25) is 0 Å². The van der Waals surface area contributed by atoms with Crippen LogP contribution in [0.1, 0.15) is 18.2 Å².